The highest BCUT2D eigenvalue weighted by Crippen LogP contribution is 2.33. The number of phenolic OH excluding ortho intramolecular Hbond substituents is 1. The second-order valence-electron chi connectivity index (χ2n) is 4.96. The zero-order valence-corrected chi connectivity index (χ0v) is 14.1. The number of hydrogen-bond acceptors (Lipinski definition) is 8. The minimum Gasteiger partial charge on any atom is -0.502 e. The number of phenols is 1. The Labute approximate surface area is 156 Å². The maximum atomic E-state index is 11.7. The molecule has 2 aromatic rings. The van der Waals surface area contributed by atoms with Gasteiger partial charge in [-0.2, -0.15) is 5.10 Å². The summed E-state index contributed by atoms with van der Waals surface area (Å²) in [4.78, 5) is 31.5. The lowest BCUT2D eigenvalue weighted by molar-refractivity contribution is -0.394. The fourth-order valence-electron chi connectivity index (χ4n) is 1.88. The van der Waals surface area contributed by atoms with Gasteiger partial charge in [0.15, 0.2) is 6.61 Å². The van der Waals surface area contributed by atoms with E-state index in [1.54, 1.807) is 18.2 Å². The zero-order chi connectivity index (χ0) is 20.0. The van der Waals surface area contributed by atoms with Crippen molar-refractivity contribution in [1.29, 1.82) is 0 Å². The van der Waals surface area contributed by atoms with Crippen molar-refractivity contribution in [3.63, 3.8) is 0 Å². The van der Waals surface area contributed by atoms with Crippen LogP contribution in [-0.4, -0.2) is 33.7 Å². The average molecular weight is 395 g/mol. The molecule has 0 spiro atoms. The van der Waals surface area contributed by atoms with Crippen molar-refractivity contribution in [3.05, 3.63) is 67.2 Å². The maximum Gasteiger partial charge on any atom is 0.318 e. The zero-order valence-electron chi connectivity index (χ0n) is 13.4. The molecule has 140 valence electrons. The van der Waals surface area contributed by atoms with Crippen molar-refractivity contribution in [2.75, 3.05) is 6.61 Å². The van der Waals surface area contributed by atoms with E-state index in [-0.39, 0.29) is 5.56 Å². The first kappa shape index (κ1) is 19.6. The number of amides is 1. The van der Waals surface area contributed by atoms with Crippen LogP contribution in [0.15, 0.2) is 41.5 Å². The molecule has 0 heterocycles. The van der Waals surface area contributed by atoms with Gasteiger partial charge in [0.05, 0.1) is 27.7 Å². The molecular formula is C15H11ClN4O7. The summed E-state index contributed by atoms with van der Waals surface area (Å²) in [6.45, 7) is -0.404. The van der Waals surface area contributed by atoms with E-state index in [0.717, 1.165) is 12.3 Å². The molecule has 0 saturated carbocycles. The molecule has 0 saturated heterocycles. The molecule has 0 fully saturated rings. The Hall–Kier alpha value is -3.73. The van der Waals surface area contributed by atoms with Gasteiger partial charge in [0, 0.05) is 11.1 Å². The summed E-state index contributed by atoms with van der Waals surface area (Å²) in [6, 6.07) is 7.83. The van der Waals surface area contributed by atoms with Gasteiger partial charge in [-0.05, 0) is 18.2 Å². The van der Waals surface area contributed by atoms with Crippen LogP contribution in [-0.2, 0) is 4.79 Å². The highest BCUT2D eigenvalue weighted by atomic mass is 35.5. The SMILES string of the molecule is O=C(COc1cccc(Cl)c1)NN=Cc1cc([N+](=O)[O-])cc([N+](=O)[O-])c1O. The van der Waals surface area contributed by atoms with Crippen molar-refractivity contribution < 1.29 is 24.5 Å². The molecule has 0 unspecified atom stereocenters. The van der Waals surface area contributed by atoms with E-state index in [1.807, 2.05) is 0 Å². The van der Waals surface area contributed by atoms with Crippen LogP contribution in [0.2, 0.25) is 5.02 Å². The normalized spacial score (nSPS) is 10.6. The summed E-state index contributed by atoms with van der Waals surface area (Å²) in [7, 11) is 0. The molecule has 0 aliphatic carbocycles. The molecule has 2 aromatic carbocycles. The third-order valence-electron chi connectivity index (χ3n) is 3.07. The van der Waals surface area contributed by atoms with Crippen molar-refractivity contribution >= 4 is 35.1 Å². The van der Waals surface area contributed by atoms with Crippen LogP contribution in [0.3, 0.4) is 0 Å². The predicted molar refractivity (Wildman–Crippen MR) is 94.1 cm³/mol. The Kier molecular flexibility index (Phi) is 6.23. The van der Waals surface area contributed by atoms with E-state index >= 15 is 0 Å². The summed E-state index contributed by atoms with van der Waals surface area (Å²) in [5.74, 6) is -1.14. The van der Waals surface area contributed by atoms with Gasteiger partial charge >= 0.3 is 5.69 Å². The Morgan fingerprint density at radius 1 is 1.26 bits per heavy atom. The second-order valence-corrected chi connectivity index (χ2v) is 5.39. The van der Waals surface area contributed by atoms with E-state index in [1.165, 1.54) is 6.07 Å². The minimum absolute atomic E-state index is 0.313. The number of aromatic hydroxyl groups is 1. The van der Waals surface area contributed by atoms with Crippen molar-refractivity contribution in [2.45, 2.75) is 0 Å². The Morgan fingerprint density at radius 3 is 2.63 bits per heavy atom. The number of nitro benzene ring substituents is 2. The number of carbonyl (C=O) groups excluding carboxylic acids is 1. The fourth-order valence-corrected chi connectivity index (χ4v) is 2.06. The number of nitro groups is 2. The Morgan fingerprint density at radius 2 is 2.00 bits per heavy atom. The van der Waals surface area contributed by atoms with Crippen LogP contribution in [0, 0.1) is 20.2 Å². The molecular weight excluding hydrogens is 384 g/mol. The molecule has 27 heavy (non-hydrogen) atoms. The molecule has 0 radical (unpaired) electrons. The third kappa shape index (κ3) is 5.37. The van der Waals surface area contributed by atoms with E-state index in [2.05, 4.69) is 10.5 Å². The standard InChI is InChI=1S/C15H11ClN4O7/c16-10-2-1-3-12(5-10)27-8-14(21)18-17-7-9-4-11(19(23)24)6-13(15(9)22)20(25)26/h1-7,22H,8H2,(H,18,21). The molecule has 0 aromatic heterocycles. The van der Waals surface area contributed by atoms with Crippen LogP contribution in [0.1, 0.15) is 5.56 Å². The van der Waals surface area contributed by atoms with Gasteiger partial charge in [0.2, 0.25) is 5.75 Å². The van der Waals surface area contributed by atoms with Crippen LogP contribution in [0.25, 0.3) is 0 Å². The van der Waals surface area contributed by atoms with Gasteiger partial charge in [-0.25, -0.2) is 5.43 Å². The highest BCUT2D eigenvalue weighted by molar-refractivity contribution is 6.30. The molecule has 2 N–H and O–H groups in total. The Bertz CT molecular complexity index is 932. The van der Waals surface area contributed by atoms with E-state index in [0.29, 0.717) is 16.8 Å². The molecule has 12 heteroatoms. The van der Waals surface area contributed by atoms with Gasteiger partial charge < -0.3 is 9.84 Å². The smallest absolute Gasteiger partial charge is 0.318 e. The number of hydrogen-bond donors (Lipinski definition) is 2. The summed E-state index contributed by atoms with van der Waals surface area (Å²) < 4.78 is 5.18. The number of carbonyl (C=O) groups is 1. The van der Waals surface area contributed by atoms with Gasteiger partial charge in [-0.15, -0.1) is 0 Å². The first-order valence-electron chi connectivity index (χ1n) is 7.14. The molecule has 11 nitrogen and oxygen atoms in total. The largest absolute Gasteiger partial charge is 0.502 e. The lowest BCUT2D eigenvalue weighted by atomic mass is 10.1. The van der Waals surface area contributed by atoms with Gasteiger partial charge in [-0.1, -0.05) is 17.7 Å². The van der Waals surface area contributed by atoms with Crippen LogP contribution < -0.4 is 10.2 Å². The van der Waals surface area contributed by atoms with E-state index in [4.69, 9.17) is 16.3 Å². The topological polar surface area (TPSA) is 157 Å². The lowest BCUT2D eigenvalue weighted by Crippen LogP contribution is -2.24. The van der Waals surface area contributed by atoms with Gasteiger partial charge in [-0.3, -0.25) is 25.0 Å². The molecule has 2 rings (SSSR count). The van der Waals surface area contributed by atoms with Gasteiger partial charge in [0.1, 0.15) is 5.75 Å². The molecule has 0 bridgehead atoms. The molecule has 0 aliphatic heterocycles. The number of rotatable bonds is 7. The highest BCUT2D eigenvalue weighted by Gasteiger charge is 2.23. The average Bonchev–Trinajstić information content (AvgIpc) is 2.61. The van der Waals surface area contributed by atoms with Crippen LogP contribution in [0.4, 0.5) is 11.4 Å². The maximum absolute atomic E-state index is 11.7. The van der Waals surface area contributed by atoms with E-state index in [9.17, 15) is 30.1 Å². The van der Waals surface area contributed by atoms with Crippen LogP contribution in [0.5, 0.6) is 11.5 Å². The fraction of sp³-hybridized carbons (Fsp3) is 0.0667. The van der Waals surface area contributed by atoms with Crippen molar-refractivity contribution in [1.82, 2.24) is 5.43 Å². The Balaban J connectivity index is 2.05. The predicted octanol–water partition coefficient (Wildman–Crippen LogP) is 2.39. The summed E-state index contributed by atoms with van der Waals surface area (Å²) in [5, 5.41) is 35.4. The first-order chi connectivity index (χ1) is 12.8. The number of benzene rings is 2. The van der Waals surface area contributed by atoms with Crippen molar-refractivity contribution in [3.8, 4) is 11.5 Å². The van der Waals surface area contributed by atoms with Gasteiger partial charge in [0.25, 0.3) is 11.6 Å². The summed E-state index contributed by atoms with van der Waals surface area (Å²) >= 11 is 5.77. The molecule has 0 atom stereocenters. The summed E-state index contributed by atoms with van der Waals surface area (Å²) in [6.07, 6.45) is 0.840. The molecule has 0 aliphatic rings. The number of nitrogens with zero attached hydrogens (tertiary/aromatic N) is 3. The van der Waals surface area contributed by atoms with Crippen molar-refractivity contribution in [2.24, 2.45) is 5.10 Å². The summed E-state index contributed by atoms with van der Waals surface area (Å²) in [5.41, 5.74) is 0.275. The number of ether oxygens (including phenoxy) is 1. The number of halogens is 1. The molecule has 1 amide bonds. The second kappa shape index (κ2) is 8.58. The first-order valence-corrected chi connectivity index (χ1v) is 7.52. The minimum atomic E-state index is -0.975. The number of hydrazone groups is 1. The third-order valence-corrected chi connectivity index (χ3v) is 3.31. The van der Waals surface area contributed by atoms with Crippen LogP contribution >= 0.6 is 11.6 Å². The monoisotopic (exact) mass is 394 g/mol. The number of nitrogens with one attached hydrogen (secondary N) is 1. The number of non-ortho nitro benzene ring substituents is 1. The quantitative estimate of drug-likeness (QED) is 0.414. The van der Waals surface area contributed by atoms with E-state index < -0.39 is 39.5 Å². The lowest BCUT2D eigenvalue weighted by Gasteiger charge is -2.05.